The zero-order chi connectivity index (χ0) is 10.8. The largest absolute Gasteiger partial charge is 0.311 e. The summed E-state index contributed by atoms with van der Waals surface area (Å²) in [5.41, 5.74) is 2.10. The lowest BCUT2D eigenvalue weighted by molar-refractivity contribution is 0.444. The number of rotatable bonds is 3. The summed E-state index contributed by atoms with van der Waals surface area (Å²) in [5.74, 6) is 0. The van der Waals surface area contributed by atoms with E-state index >= 15 is 0 Å². The van der Waals surface area contributed by atoms with E-state index in [1.165, 1.54) is 5.56 Å². The second-order valence-electron chi connectivity index (χ2n) is 3.82. The molecule has 0 aliphatic rings. The van der Waals surface area contributed by atoms with Crippen LogP contribution in [0.1, 0.15) is 25.0 Å². The fourth-order valence-electron chi connectivity index (χ4n) is 1.23. The van der Waals surface area contributed by atoms with E-state index in [1.54, 1.807) is 6.08 Å². The van der Waals surface area contributed by atoms with Crippen LogP contribution in [-0.4, -0.2) is 7.05 Å². The summed E-state index contributed by atoms with van der Waals surface area (Å²) < 4.78 is 0. The van der Waals surface area contributed by atoms with E-state index in [9.17, 15) is 0 Å². The summed E-state index contributed by atoms with van der Waals surface area (Å²) in [6.07, 6.45) is 1.76. The van der Waals surface area contributed by atoms with E-state index in [1.807, 2.05) is 19.2 Å². The van der Waals surface area contributed by atoms with Crippen molar-refractivity contribution in [2.45, 2.75) is 19.4 Å². The molecule has 0 radical (unpaired) electrons. The molecule has 0 aliphatic heterocycles. The molecule has 0 fully saturated rings. The molecule has 0 bridgehead atoms. The molecular weight excluding hydrogens is 194 g/mol. The highest BCUT2D eigenvalue weighted by Crippen LogP contribution is 2.25. The average Bonchev–Trinajstić information content (AvgIpc) is 2.17. The molecule has 0 heterocycles. The smallest absolute Gasteiger partial charge is 0.0481 e. The highest BCUT2D eigenvalue weighted by molar-refractivity contribution is 6.32. The zero-order valence-electron chi connectivity index (χ0n) is 8.89. The van der Waals surface area contributed by atoms with Crippen molar-refractivity contribution in [2.24, 2.45) is 0 Å². The van der Waals surface area contributed by atoms with E-state index in [0.29, 0.717) is 0 Å². The Labute approximate surface area is 90.8 Å². The Morgan fingerprint density at radius 2 is 2.07 bits per heavy atom. The second-order valence-corrected chi connectivity index (χ2v) is 4.22. The summed E-state index contributed by atoms with van der Waals surface area (Å²) in [4.78, 5) is 0. The molecule has 0 unspecified atom stereocenters. The fraction of sp³-hybridized carbons (Fsp3) is 0.333. The van der Waals surface area contributed by atoms with Gasteiger partial charge >= 0.3 is 0 Å². The number of halogens is 1. The Kier molecular flexibility index (Phi) is 3.35. The lowest BCUT2D eigenvalue weighted by atomic mass is 9.94. The zero-order valence-corrected chi connectivity index (χ0v) is 9.65. The second kappa shape index (κ2) is 4.16. The molecule has 0 saturated carbocycles. The Hall–Kier alpha value is -0.790. The van der Waals surface area contributed by atoms with Crippen molar-refractivity contribution in [3.05, 3.63) is 40.9 Å². The Morgan fingerprint density at radius 1 is 1.43 bits per heavy atom. The monoisotopic (exact) mass is 209 g/mol. The minimum Gasteiger partial charge on any atom is -0.311 e. The average molecular weight is 210 g/mol. The van der Waals surface area contributed by atoms with Crippen LogP contribution in [0.25, 0.3) is 6.08 Å². The van der Waals surface area contributed by atoms with Crippen LogP contribution in [0.2, 0.25) is 5.02 Å². The van der Waals surface area contributed by atoms with Crippen molar-refractivity contribution in [2.75, 3.05) is 7.05 Å². The van der Waals surface area contributed by atoms with Gasteiger partial charge < -0.3 is 5.32 Å². The third-order valence-electron chi connectivity index (χ3n) is 2.57. The lowest BCUT2D eigenvalue weighted by Gasteiger charge is -2.25. The molecule has 0 amide bonds. The van der Waals surface area contributed by atoms with Gasteiger partial charge in [-0.2, -0.15) is 0 Å². The van der Waals surface area contributed by atoms with Gasteiger partial charge in [0.25, 0.3) is 0 Å². The Bertz CT molecular complexity index is 342. The van der Waals surface area contributed by atoms with Crippen molar-refractivity contribution in [3.63, 3.8) is 0 Å². The maximum absolute atomic E-state index is 6.09. The first kappa shape index (κ1) is 11.3. The molecule has 1 rings (SSSR count). The molecule has 0 spiro atoms. The molecule has 0 atom stereocenters. The molecule has 0 saturated heterocycles. The first-order valence-corrected chi connectivity index (χ1v) is 5.00. The van der Waals surface area contributed by atoms with Gasteiger partial charge in [0.05, 0.1) is 0 Å². The van der Waals surface area contributed by atoms with E-state index in [2.05, 4.69) is 31.8 Å². The van der Waals surface area contributed by atoms with E-state index < -0.39 is 0 Å². The Morgan fingerprint density at radius 3 is 2.50 bits per heavy atom. The van der Waals surface area contributed by atoms with Gasteiger partial charge in [-0.1, -0.05) is 36.4 Å². The summed E-state index contributed by atoms with van der Waals surface area (Å²) in [6, 6.07) is 6.04. The lowest BCUT2D eigenvalue weighted by Crippen LogP contribution is -2.33. The summed E-state index contributed by atoms with van der Waals surface area (Å²) in [6.45, 7) is 7.94. The predicted octanol–water partition coefficient (Wildman–Crippen LogP) is 3.44. The molecule has 0 aliphatic carbocycles. The van der Waals surface area contributed by atoms with Gasteiger partial charge in [0.1, 0.15) is 0 Å². The predicted molar refractivity (Wildman–Crippen MR) is 63.6 cm³/mol. The highest BCUT2D eigenvalue weighted by atomic mass is 35.5. The molecule has 2 heteroatoms. The molecule has 0 aromatic heterocycles. The molecule has 1 aromatic rings. The van der Waals surface area contributed by atoms with Crippen molar-refractivity contribution in [3.8, 4) is 0 Å². The summed E-state index contributed by atoms with van der Waals surface area (Å²) in [5, 5.41) is 3.99. The van der Waals surface area contributed by atoms with Gasteiger partial charge in [-0.15, -0.1) is 0 Å². The van der Waals surface area contributed by atoms with Gasteiger partial charge in [0.2, 0.25) is 0 Å². The van der Waals surface area contributed by atoms with Gasteiger partial charge in [-0.05, 0) is 38.1 Å². The van der Waals surface area contributed by atoms with E-state index in [0.717, 1.165) is 10.6 Å². The quantitative estimate of drug-likeness (QED) is 0.804. The fourth-order valence-corrected chi connectivity index (χ4v) is 1.48. The minimum atomic E-state index is -0.0522. The van der Waals surface area contributed by atoms with Crippen LogP contribution >= 0.6 is 11.6 Å². The van der Waals surface area contributed by atoms with Gasteiger partial charge in [0.15, 0.2) is 0 Å². The van der Waals surface area contributed by atoms with E-state index in [4.69, 9.17) is 11.6 Å². The van der Waals surface area contributed by atoms with Crippen LogP contribution in [-0.2, 0) is 5.54 Å². The van der Waals surface area contributed by atoms with Gasteiger partial charge in [-0.25, -0.2) is 0 Å². The third kappa shape index (κ3) is 2.17. The summed E-state index contributed by atoms with van der Waals surface area (Å²) in [7, 11) is 1.94. The highest BCUT2D eigenvalue weighted by Gasteiger charge is 2.17. The SMILES string of the molecule is C=Cc1ccc(C(C)(C)NC)cc1Cl. The van der Waals surface area contributed by atoms with Crippen LogP contribution in [0.3, 0.4) is 0 Å². The number of hydrogen-bond donors (Lipinski definition) is 1. The van der Waals surface area contributed by atoms with Crippen molar-refractivity contribution < 1.29 is 0 Å². The molecule has 14 heavy (non-hydrogen) atoms. The maximum atomic E-state index is 6.09. The summed E-state index contributed by atoms with van der Waals surface area (Å²) >= 11 is 6.09. The standard InChI is InChI=1S/C12H16ClN/c1-5-9-6-7-10(8-11(9)13)12(2,3)14-4/h5-8,14H,1H2,2-4H3. The normalized spacial score (nSPS) is 11.4. The molecule has 1 N–H and O–H groups in total. The van der Waals surface area contributed by atoms with Crippen LogP contribution < -0.4 is 5.32 Å². The minimum absolute atomic E-state index is 0.0522. The maximum Gasteiger partial charge on any atom is 0.0481 e. The number of hydrogen-bond acceptors (Lipinski definition) is 1. The van der Waals surface area contributed by atoms with Crippen LogP contribution in [0.15, 0.2) is 24.8 Å². The molecular formula is C12H16ClN. The number of benzene rings is 1. The first-order valence-electron chi connectivity index (χ1n) is 4.62. The van der Waals surface area contributed by atoms with E-state index in [-0.39, 0.29) is 5.54 Å². The van der Waals surface area contributed by atoms with Gasteiger partial charge in [-0.3, -0.25) is 0 Å². The van der Waals surface area contributed by atoms with Crippen LogP contribution in [0.5, 0.6) is 0 Å². The van der Waals surface area contributed by atoms with Crippen molar-refractivity contribution >= 4 is 17.7 Å². The van der Waals surface area contributed by atoms with Crippen molar-refractivity contribution in [1.29, 1.82) is 0 Å². The first-order chi connectivity index (χ1) is 6.51. The molecule has 1 nitrogen and oxygen atoms in total. The van der Waals surface area contributed by atoms with Gasteiger partial charge in [0, 0.05) is 10.6 Å². The topological polar surface area (TPSA) is 12.0 Å². The van der Waals surface area contributed by atoms with Crippen LogP contribution in [0.4, 0.5) is 0 Å². The number of nitrogens with one attached hydrogen (secondary N) is 1. The Balaban J connectivity index is 3.14. The third-order valence-corrected chi connectivity index (χ3v) is 2.89. The molecule has 76 valence electrons. The molecule has 1 aromatic carbocycles. The van der Waals surface area contributed by atoms with Crippen molar-refractivity contribution in [1.82, 2.24) is 5.32 Å². The van der Waals surface area contributed by atoms with Crippen LogP contribution in [0, 0.1) is 0 Å².